The largest absolute Gasteiger partial charge is 0.379 e. The van der Waals surface area contributed by atoms with Gasteiger partial charge in [0.2, 0.25) is 11.5 Å². The van der Waals surface area contributed by atoms with E-state index >= 15 is 0 Å². The average molecular weight is 453 g/mol. The van der Waals surface area contributed by atoms with Crippen molar-refractivity contribution in [2.45, 2.75) is 59.6 Å². The average Bonchev–Trinajstić information content (AvgIpc) is 2.78. The maximum atomic E-state index is 13.5. The number of fused-ring (bicyclic) bond motifs is 2. The number of ether oxygens (including phenoxy) is 1. The highest BCUT2D eigenvalue weighted by atomic mass is 16.5. The van der Waals surface area contributed by atoms with Crippen molar-refractivity contribution in [3.63, 3.8) is 0 Å². The van der Waals surface area contributed by atoms with E-state index in [0.717, 1.165) is 18.4 Å². The third-order valence-corrected chi connectivity index (χ3v) is 6.45. The zero-order chi connectivity index (χ0) is 23.7. The zero-order valence-corrected chi connectivity index (χ0v) is 20.0. The highest BCUT2D eigenvalue weighted by Gasteiger charge is 2.29. The molecular weight excluding hydrogens is 418 g/mol. The van der Waals surface area contributed by atoms with E-state index in [1.807, 2.05) is 42.4 Å². The van der Waals surface area contributed by atoms with Crippen molar-refractivity contribution in [1.29, 1.82) is 0 Å². The number of aromatic nitrogens is 3. The molecule has 33 heavy (non-hydrogen) atoms. The Bertz CT molecular complexity index is 1240. The summed E-state index contributed by atoms with van der Waals surface area (Å²) < 4.78 is 9.05. The number of carbonyl (C=O) groups excluding carboxylic acids is 1. The summed E-state index contributed by atoms with van der Waals surface area (Å²) in [4.78, 5) is 33.5. The summed E-state index contributed by atoms with van der Waals surface area (Å²) in [6.07, 6.45) is 4.48. The fourth-order valence-electron chi connectivity index (χ4n) is 4.43. The van der Waals surface area contributed by atoms with E-state index in [0.29, 0.717) is 66.6 Å². The van der Waals surface area contributed by atoms with Gasteiger partial charge < -0.3 is 15.4 Å². The molecule has 2 N–H and O–H groups in total. The number of nitrogens with zero attached hydrogens (tertiary/aromatic N) is 4. The van der Waals surface area contributed by atoms with Crippen LogP contribution in [-0.4, -0.2) is 46.0 Å². The predicted molar refractivity (Wildman–Crippen MR) is 128 cm³/mol. The van der Waals surface area contributed by atoms with Crippen LogP contribution in [0.2, 0.25) is 0 Å². The molecule has 1 amide bonds. The summed E-state index contributed by atoms with van der Waals surface area (Å²) in [5.74, 6) is 0.833. The molecule has 0 atom stereocenters. The molecule has 4 heterocycles. The zero-order valence-electron chi connectivity index (χ0n) is 20.0. The number of likely N-dealkylation sites (tertiary alicyclic amines) is 1. The minimum atomic E-state index is -0.202. The molecule has 4 rings (SSSR count). The summed E-state index contributed by atoms with van der Waals surface area (Å²) in [5, 5.41) is 0.394. The van der Waals surface area contributed by atoms with Crippen molar-refractivity contribution >= 4 is 28.4 Å². The fourth-order valence-corrected chi connectivity index (χ4v) is 4.43. The molecule has 0 bridgehead atoms. The molecule has 0 spiro atoms. The Morgan fingerprint density at radius 1 is 1.33 bits per heavy atom. The lowest BCUT2D eigenvalue weighted by atomic mass is 9.98. The molecule has 3 aromatic heterocycles. The van der Waals surface area contributed by atoms with Gasteiger partial charge in [-0.25, -0.2) is 4.57 Å². The van der Waals surface area contributed by atoms with E-state index in [2.05, 4.69) is 6.92 Å². The summed E-state index contributed by atoms with van der Waals surface area (Å²) >= 11 is 0. The lowest BCUT2D eigenvalue weighted by Crippen LogP contribution is -2.45. The minimum absolute atomic E-state index is 0.123. The van der Waals surface area contributed by atoms with Crippen LogP contribution >= 0.6 is 0 Å². The van der Waals surface area contributed by atoms with E-state index in [4.69, 9.17) is 15.5 Å². The van der Waals surface area contributed by atoms with E-state index in [9.17, 15) is 9.59 Å². The van der Waals surface area contributed by atoms with Crippen molar-refractivity contribution in [3.05, 3.63) is 45.9 Å². The second kappa shape index (κ2) is 9.47. The molecule has 1 aliphatic heterocycles. The van der Waals surface area contributed by atoms with Gasteiger partial charge in [0.15, 0.2) is 0 Å². The van der Waals surface area contributed by atoms with Gasteiger partial charge in [0.1, 0.15) is 10.9 Å². The van der Waals surface area contributed by atoms with Gasteiger partial charge in [-0.2, -0.15) is 0 Å². The van der Waals surface area contributed by atoms with Crippen LogP contribution in [0.25, 0.3) is 16.7 Å². The number of anilines is 1. The number of nitrogens with two attached hydrogens (primary N) is 1. The molecule has 8 heteroatoms. The quantitative estimate of drug-likeness (QED) is 0.353. The summed E-state index contributed by atoms with van der Waals surface area (Å²) in [5.41, 5.74) is 8.74. The molecule has 1 saturated heterocycles. The first-order valence-corrected chi connectivity index (χ1v) is 11.8. The van der Waals surface area contributed by atoms with Gasteiger partial charge in [-0.1, -0.05) is 18.0 Å². The fraction of sp³-hybridized carbons (Fsp3) is 0.520. The van der Waals surface area contributed by atoms with Crippen LogP contribution in [0.1, 0.15) is 56.0 Å². The molecular formula is C25H34N5O3+. The Morgan fingerprint density at radius 3 is 2.76 bits per heavy atom. The number of hydrogen-bond donors (Lipinski definition) is 1. The standard InChI is InChI=1S/C25H33N5O3/c1-16(2)33-14-6-11-29-21(26)19(24(31)28-12-8-17(3)9-13-28)15-20-23(29)27-22-18(4)7-5-10-30(22)25(20)32/h5,7,10,15-17,26H,6,8-9,11-14H2,1-4H3/p+1. The van der Waals surface area contributed by atoms with Crippen molar-refractivity contribution in [2.24, 2.45) is 5.92 Å². The van der Waals surface area contributed by atoms with Gasteiger partial charge >= 0.3 is 0 Å². The molecule has 0 saturated carbocycles. The van der Waals surface area contributed by atoms with Crippen molar-refractivity contribution in [1.82, 2.24) is 14.3 Å². The number of nitrogen functional groups attached to an aromatic ring is 1. The van der Waals surface area contributed by atoms with E-state index in [1.165, 1.54) is 4.40 Å². The molecule has 0 unspecified atom stereocenters. The first-order valence-electron chi connectivity index (χ1n) is 11.8. The van der Waals surface area contributed by atoms with Gasteiger partial charge in [0.05, 0.1) is 12.6 Å². The SMILES string of the molecule is Cc1cccn2c(=O)c3cc(C(=O)N4CCC(C)CC4)c(N)[n+](CCCOC(C)C)c3nc12. The molecule has 1 aliphatic rings. The normalized spacial score (nSPS) is 15.1. The van der Waals surface area contributed by atoms with Gasteiger partial charge in [0, 0.05) is 37.9 Å². The third-order valence-electron chi connectivity index (χ3n) is 6.45. The number of pyridine rings is 2. The lowest BCUT2D eigenvalue weighted by Gasteiger charge is -2.30. The van der Waals surface area contributed by atoms with Crippen LogP contribution in [0.5, 0.6) is 0 Å². The van der Waals surface area contributed by atoms with Crippen molar-refractivity contribution < 1.29 is 14.1 Å². The Balaban J connectivity index is 1.85. The lowest BCUT2D eigenvalue weighted by molar-refractivity contribution is -0.659. The van der Waals surface area contributed by atoms with Gasteiger partial charge in [-0.05, 0) is 51.7 Å². The number of rotatable bonds is 6. The Labute approximate surface area is 194 Å². The molecule has 0 aliphatic carbocycles. The molecule has 0 aromatic carbocycles. The third kappa shape index (κ3) is 4.57. The van der Waals surface area contributed by atoms with Crippen molar-refractivity contribution in [2.75, 3.05) is 25.4 Å². The molecule has 3 aromatic rings. The smallest absolute Gasteiger partial charge is 0.278 e. The number of aryl methyl sites for hydroxylation is 2. The number of piperidine rings is 1. The molecule has 176 valence electrons. The highest BCUT2D eigenvalue weighted by molar-refractivity contribution is 6.00. The summed E-state index contributed by atoms with van der Waals surface area (Å²) in [6, 6.07) is 5.39. The van der Waals surface area contributed by atoms with Crippen LogP contribution in [0.15, 0.2) is 29.2 Å². The Hall–Kier alpha value is -3.00. The van der Waals surface area contributed by atoms with Crippen LogP contribution in [0.3, 0.4) is 0 Å². The monoisotopic (exact) mass is 452 g/mol. The predicted octanol–water partition coefficient (Wildman–Crippen LogP) is 2.71. The van der Waals surface area contributed by atoms with Gasteiger partial charge in [0.25, 0.3) is 17.1 Å². The molecule has 8 nitrogen and oxygen atoms in total. The van der Waals surface area contributed by atoms with Gasteiger partial charge in [-0.15, -0.1) is 0 Å². The molecule has 0 radical (unpaired) electrons. The topological polar surface area (TPSA) is 93.8 Å². The summed E-state index contributed by atoms with van der Waals surface area (Å²) in [6.45, 7) is 10.6. The van der Waals surface area contributed by atoms with Crippen LogP contribution in [0.4, 0.5) is 5.82 Å². The minimum Gasteiger partial charge on any atom is -0.379 e. The molecule has 1 fully saturated rings. The van der Waals surface area contributed by atoms with E-state index < -0.39 is 0 Å². The first kappa shape index (κ1) is 23.2. The number of hydrogen-bond acceptors (Lipinski definition) is 5. The van der Waals surface area contributed by atoms with Crippen LogP contribution < -0.4 is 15.9 Å². The first-order chi connectivity index (χ1) is 15.8. The second-order valence-corrected chi connectivity index (χ2v) is 9.38. The van der Waals surface area contributed by atoms with E-state index in [1.54, 1.807) is 12.3 Å². The Kier molecular flexibility index (Phi) is 6.65. The maximum absolute atomic E-state index is 13.5. The highest BCUT2D eigenvalue weighted by Crippen LogP contribution is 2.22. The van der Waals surface area contributed by atoms with Crippen LogP contribution in [0, 0.1) is 12.8 Å². The Morgan fingerprint density at radius 2 is 2.06 bits per heavy atom. The maximum Gasteiger partial charge on any atom is 0.278 e. The van der Waals surface area contributed by atoms with Crippen LogP contribution in [-0.2, 0) is 11.3 Å². The second-order valence-electron chi connectivity index (χ2n) is 9.38. The number of carbonyl (C=O) groups is 1. The van der Waals surface area contributed by atoms with E-state index in [-0.39, 0.29) is 17.6 Å². The summed E-state index contributed by atoms with van der Waals surface area (Å²) in [7, 11) is 0. The van der Waals surface area contributed by atoms with Gasteiger partial charge in [-0.3, -0.25) is 14.0 Å². The number of amides is 1. The van der Waals surface area contributed by atoms with Crippen molar-refractivity contribution in [3.8, 4) is 0 Å².